The van der Waals surface area contributed by atoms with Gasteiger partial charge in [0.05, 0.1) is 15.7 Å². The highest BCUT2D eigenvalue weighted by molar-refractivity contribution is 6.43. The number of carbonyl (C=O) groups excluding carboxylic acids is 1. The fourth-order valence-corrected chi connectivity index (χ4v) is 2.34. The fraction of sp³-hybridized carbons (Fsp3) is 0.235. The third kappa shape index (κ3) is 5.34. The summed E-state index contributed by atoms with van der Waals surface area (Å²) in [5.74, 6) is 0.700. The Morgan fingerprint density at radius 2 is 1.87 bits per heavy atom. The summed E-state index contributed by atoms with van der Waals surface area (Å²) in [4.78, 5) is 11.8. The van der Waals surface area contributed by atoms with Gasteiger partial charge in [0, 0.05) is 0 Å². The number of benzene rings is 2. The normalized spacial score (nSPS) is 10.2. The quantitative estimate of drug-likeness (QED) is 0.710. The van der Waals surface area contributed by atoms with Gasteiger partial charge in [-0.25, -0.2) is 4.79 Å². The molecule has 0 saturated heterocycles. The van der Waals surface area contributed by atoms with Crippen LogP contribution >= 0.6 is 23.2 Å². The molecule has 122 valence electrons. The largest absolute Gasteiger partial charge is 0.473 e. The molecule has 0 atom stereocenters. The molecule has 0 bridgehead atoms. The second-order valence-corrected chi connectivity index (χ2v) is 5.70. The summed E-state index contributed by atoms with van der Waals surface area (Å²) in [5, 5.41) is 5.89. The number of aryl methyl sites for hydroxylation is 1. The molecule has 23 heavy (non-hydrogen) atoms. The molecule has 2 aromatic carbocycles. The van der Waals surface area contributed by atoms with Gasteiger partial charge in [-0.2, -0.15) is 0 Å². The van der Waals surface area contributed by atoms with Crippen LogP contribution < -0.4 is 15.4 Å². The van der Waals surface area contributed by atoms with Crippen molar-refractivity contribution in [3.05, 3.63) is 58.1 Å². The second kappa shape index (κ2) is 8.65. The molecule has 0 saturated carbocycles. The van der Waals surface area contributed by atoms with Gasteiger partial charge in [0.25, 0.3) is 0 Å². The predicted octanol–water partition coefficient (Wildman–Crippen LogP) is 5.10. The minimum atomic E-state index is -0.420. The summed E-state index contributed by atoms with van der Waals surface area (Å²) in [5.41, 5.74) is 1.71. The van der Waals surface area contributed by atoms with Crippen molar-refractivity contribution in [2.24, 2.45) is 0 Å². The van der Waals surface area contributed by atoms with E-state index in [-0.39, 0.29) is 6.73 Å². The lowest BCUT2D eigenvalue weighted by atomic mass is 10.1. The number of rotatable bonds is 6. The van der Waals surface area contributed by atoms with Gasteiger partial charge in [0.1, 0.15) is 5.75 Å². The average molecular weight is 353 g/mol. The number of anilines is 1. The molecule has 0 fully saturated rings. The molecule has 0 unspecified atom stereocenters. The third-order valence-corrected chi connectivity index (χ3v) is 3.95. The average Bonchev–Trinajstić information content (AvgIpc) is 2.54. The van der Waals surface area contributed by atoms with Crippen LogP contribution in [0.5, 0.6) is 5.75 Å². The highest BCUT2D eigenvalue weighted by atomic mass is 35.5. The minimum Gasteiger partial charge on any atom is -0.473 e. The molecule has 4 nitrogen and oxygen atoms in total. The number of carbonyl (C=O) groups is 1. The maximum Gasteiger partial charge on any atom is 0.321 e. The summed E-state index contributed by atoms with van der Waals surface area (Å²) in [6.07, 6.45) is 2.15. The maximum atomic E-state index is 11.8. The number of nitrogens with one attached hydrogen (secondary N) is 2. The van der Waals surface area contributed by atoms with Crippen molar-refractivity contribution >= 4 is 34.9 Å². The first-order chi connectivity index (χ1) is 11.1. The van der Waals surface area contributed by atoms with Gasteiger partial charge in [-0.1, -0.05) is 54.7 Å². The van der Waals surface area contributed by atoms with E-state index in [2.05, 4.69) is 17.6 Å². The van der Waals surface area contributed by atoms with Crippen molar-refractivity contribution in [2.75, 3.05) is 12.0 Å². The Balaban J connectivity index is 1.79. The van der Waals surface area contributed by atoms with E-state index in [0.29, 0.717) is 21.5 Å². The molecule has 0 aliphatic carbocycles. The first kappa shape index (κ1) is 17.4. The number of urea groups is 1. The second-order valence-electron chi connectivity index (χ2n) is 4.91. The van der Waals surface area contributed by atoms with Crippen LogP contribution in [0, 0.1) is 0 Å². The Morgan fingerprint density at radius 1 is 1.13 bits per heavy atom. The maximum absolute atomic E-state index is 11.8. The predicted molar refractivity (Wildman–Crippen MR) is 94.5 cm³/mol. The molecule has 2 amide bonds. The standard InChI is InChI=1S/C17H18Cl2N2O2/c1-2-4-12-7-9-13(10-8-12)23-11-20-17(22)21-15-6-3-5-14(18)16(15)19/h3,5-10H,2,4,11H2,1H3,(H2,20,21,22). The molecule has 0 aromatic heterocycles. The molecule has 0 heterocycles. The number of hydrogen-bond acceptors (Lipinski definition) is 2. The smallest absolute Gasteiger partial charge is 0.321 e. The van der Waals surface area contributed by atoms with E-state index in [4.69, 9.17) is 27.9 Å². The molecule has 0 radical (unpaired) electrons. The van der Waals surface area contributed by atoms with Crippen LogP contribution in [0.4, 0.5) is 10.5 Å². The fourth-order valence-electron chi connectivity index (χ4n) is 1.99. The van der Waals surface area contributed by atoms with Crippen LogP contribution in [0.15, 0.2) is 42.5 Å². The van der Waals surface area contributed by atoms with Crippen LogP contribution in [0.25, 0.3) is 0 Å². The molecular formula is C17H18Cl2N2O2. The summed E-state index contributed by atoms with van der Waals surface area (Å²) in [7, 11) is 0. The van der Waals surface area contributed by atoms with Gasteiger partial charge in [0.2, 0.25) is 0 Å². The summed E-state index contributed by atoms with van der Waals surface area (Å²) < 4.78 is 5.47. The van der Waals surface area contributed by atoms with Gasteiger partial charge in [-0.05, 0) is 36.2 Å². The minimum absolute atomic E-state index is 0.0527. The van der Waals surface area contributed by atoms with Crippen LogP contribution in [-0.4, -0.2) is 12.8 Å². The monoisotopic (exact) mass is 352 g/mol. The van der Waals surface area contributed by atoms with Crippen LogP contribution in [-0.2, 0) is 6.42 Å². The van der Waals surface area contributed by atoms with Crippen molar-refractivity contribution in [2.45, 2.75) is 19.8 Å². The molecule has 2 rings (SSSR count). The molecule has 0 aliphatic heterocycles. The number of hydrogen-bond donors (Lipinski definition) is 2. The van der Waals surface area contributed by atoms with E-state index >= 15 is 0 Å². The van der Waals surface area contributed by atoms with E-state index in [1.54, 1.807) is 18.2 Å². The highest BCUT2D eigenvalue weighted by Crippen LogP contribution is 2.29. The zero-order valence-electron chi connectivity index (χ0n) is 12.7. The highest BCUT2D eigenvalue weighted by Gasteiger charge is 2.07. The third-order valence-electron chi connectivity index (χ3n) is 3.13. The Bertz CT molecular complexity index is 660. The van der Waals surface area contributed by atoms with Crippen LogP contribution in [0.2, 0.25) is 10.0 Å². The Hall–Kier alpha value is -1.91. The Labute approximate surface area is 145 Å². The van der Waals surface area contributed by atoms with Crippen molar-refractivity contribution in [3.63, 3.8) is 0 Å². The number of amides is 2. The molecular weight excluding hydrogens is 335 g/mol. The number of halogens is 2. The van der Waals surface area contributed by atoms with Gasteiger partial charge in [0.15, 0.2) is 6.73 Å². The zero-order valence-corrected chi connectivity index (χ0v) is 14.2. The zero-order chi connectivity index (χ0) is 16.7. The van der Waals surface area contributed by atoms with Crippen LogP contribution in [0.1, 0.15) is 18.9 Å². The van der Waals surface area contributed by atoms with Crippen molar-refractivity contribution in [3.8, 4) is 5.75 Å². The lowest BCUT2D eigenvalue weighted by Gasteiger charge is -2.11. The molecule has 6 heteroatoms. The van der Waals surface area contributed by atoms with Crippen LogP contribution in [0.3, 0.4) is 0 Å². The van der Waals surface area contributed by atoms with Crippen molar-refractivity contribution < 1.29 is 9.53 Å². The van der Waals surface area contributed by atoms with Gasteiger partial charge in [-0.3, -0.25) is 0 Å². The summed E-state index contributed by atoms with van der Waals surface area (Å²) in [6.45, 7) is 2.19. The summed E-state index contributed by atoms with van der Waals surface area (Å²) >= 11 is 11.9. The van der Waals surface area contributed by atoms with E-state index in [1.807, 2.05) is 24.3 Å². The topological polar surface area (TPSA) is 50.4 Å². The Kier molecular flexibility index (Phi) is 6.56. The SMILES string of the molecule is CCCc1ccc(OCNC(=O)Nc2cccc(Cl)c2Cl)cc1. The lowest BCUT2D eigenvalue weighted by molar-refractivity contribution is 0.234. The van der Waals surface area contributed by atoms with Crippen molar-refractivity contribution in [1.82, 2.24) is 5.32 Å². The Morgan fingerprint density at radius 3 is 2.57 bits per heavy atom. The van der Waals surface area contributed by atoms with E-state index in [9.17, 15) is 4.79 Å². The van der Waals surface area contributed by atoms with E-state index in [0.717, 1.165) is 12.8 Å². The lowest BCUT2D eigenvalue weighted by Crippen LogP contribution is -2.32. The molecule has 0 spiro atoms. The van der Waals surface area contributed by atoms with Gasteiger partial charge >= 0.3 is 6.03 Å². The van der Waals surface area contributed by atoms with Crippen molar-refractivity contribution in [1.29, 1.82) is 0 Å². The molecule has 2 N–H and O–H groups in total. The molecule has 0 aliphatic rings. The first-order valence-corrected chi connectivity index (χ1v) is 8.06. The first-order valence-electron chi connectivity index (χ1n) is 7.30. The van der Waals surface area contributed by atoms with E-state index < -0.39 is 6.03 Å². The van der Waals surface area contributed by atoms with Gasteiger partial charge in [-0.15, -0.1) is 0 Å². The summed E-state index contributed by atoms with van der Waals surface area (Å²) in [6, 6.07) is 12.4. The number of ether oxygens (including phenoxy) is 1. The van der Waals surface area contributed by atoms with Gasteiger partial charge < -0.3 is 15.4 Å². The van der Waals surface area contributed by atoms with E-state index in [1.165, 1.54) is 5.56 Å². The molecule has 2 aromatic rings.